The highest BCUT2D eigenvalue weighted by atomic mass is 79.9. The first kappa shape index (κ1) is 11.0. The van der Waals surface area contributed by atoms with Gasteiger partial charge in [0.1, 0.15) is 5.76 Å². The van der Waals surface area contributed by atoms with Crippen LogP contribution in [0.2, 0.25) is 0 Å². The molecule has 0 aliphatic heterocycles. The number of hydrogen-bond donors (Lipinski definition) is 0. The minimum atomic E-state index is -0.454. The summed E-state index contributed by atoms with van der Waals surface area (Å²) in [6.45, 7) is 0. The van der Waals surface area contributed by atoms with E-state index in [9.17, 15) is 4.79 Å². The zero-order chi connectivity index (χ0) is 10.4. The largest absolute Gasteiger partial charge is 0.463 e. The van der Waals surface area contributed by atoms with Crippen LogP contribution < -0.4 is 0 Å². The predicted molar refractivity (Wildman–Crippen MR) is 57.5 cm³/mol. The van der Waals surface area contributed by atoms with Gasteiger partial charge >= 0.3 is 5.97 Å². The smallest absolute Gasteiger partial charge is 0.373 e. The molecule has 0 spiro atoms. The summed E-state index contributed by atoms with van der Waals surface area (Å²) in [6.07, 6.45) is 4.72. The fraction of sp³-hybridized carbons (Fsp3) is 0.300. The van der Waals surface area contributed by atoms with Crippen molar-refractivity contribution in [2.45, 2.75) is 6.42 Å². The summed E-state index contributed by atoms with van der Waals surface area (Å²) in [5.41, 5.74) is 0. The SMILES string of the molecule is COC(=O)c1ccc(C=CCCBr)o1. The van der Waals surface area contributed by atoms with Crippen molar-refractivity contribution in [1.29, 1.82) is 0 Å². The Balaban J connectivity index is 2.63. The molecule has 1 aromatic heterocycles. The van der Waals surface area contributed by atoms with E-state index in [0.29, 0.717) is 5.76 Å². The van der Waals surface area contributed by atoms with Crippen LogP contribution in [-0.4, -0.2) is 18.4 Å². The lowest BCUT2D eigenvalue weighted by molar-refractivity contribution is 0.0564. The first-order valence-corrected chi connectivity index (χ1v) is 5.30. The fourth-order valence-electron chi connectivity index (χ4n) is 0.915. The van der Waals surface area contributed by atoms with E-state index in [1.54, 1.807) is 12.1 Å². The quantitative estimate of drug-likeness (QED) is 0.616. The second-order valence-electron chi connectivity index (χ2n) is 2.57. The van der Waals surface area contributed by atoms with Gasteiger partial charge in [-0.3, -0.25) is 0 Å². The monoisotopic (exact) mass is 258 g/mol. The molecule has 1 rings (SSSR count). The lowest BCUT2D eigenvalue weighted by atomic mass is 10.3. The third-order valence-corrected chi connectivity index (χ3v) is 2.03. The van der Waals surface area contributed by atoms with Gasteiger partial charge in [-0.1, -0.05) is 22.0 Å². The number of carbonyl (C=O) groups excluding carboxylic acids is 1. The minimum Gasteiger partial charge on any atom is -0.463 e. The van der Waals surface area contributed by atoms with Crippen LogP contribution in [0.4, 0.5) is 0 Å². The topological polar surface area (TPSA) is 39.4 Å². The van der Waals surface area contributed by atoms with E-state index in [2.05, 4.69) is 20.7 Å². The molecule has 0 radical (unpaired) electrons. The van der Waals surface area contributed by atoms with Gasteiger partial charge in [0, 0.05) is 5.33 Å². The van der Waals surface area contributed by atoms with Crippen molar-refractivity contribution in [3.8, 4) is 0 Å². The number of esters is 1. The molecule has 0 aliphatic rings. The number of rotatable bonds is 4. The van der Waals surface area contributed by atoms with Gasteiger partial charge in [-0.15, -0.1) is 0 Å². The van der Waals surface area contributed by atoms with Gasteiger partial charge in [0.15, 0.2) is 0 Å². The molecular formula is C10H11BrO3. The Morgan fingerprint density at radius 2 is 2.43 bits per heavy atom. The second-order valence-corrected chi connectivity index (χ2v) is 3.37. The van der Waals surface area contributed by atoms with Crippen LogP contribution in [0.15, 0.2) is 22.6 Å². The van der Waals surface area contributed by atoms with Crippen LogP contribution in [0.3, 0.4) is 0 Å². The molecule has 0 atom stereocenters. The third-order valence-electron chi connectivity index (χ3n) is 1.57. The Kier molecular flexibility index (Phi) is 4.46. The molecule has 76 valence electrons. The molecule has 0 unspecified atom stereocenters. The standard InChI is InChI=1S/C10H11BrO3/c1-13-10(12)9-6-5-8(14-9)4-2-3-7-11/h2,4-6H,3,7H2,1H3. The Hall–Kier alpha value is -1.03. The molecule has 0 N–H and O–H groups in total. The lowest BCUT2D eigenvalue weighted by Gasteiger charge is -1.91. The molecule has 0 amide bonds. The molecule has 14 heavy (non-hydrogen) atoms. The van der Waals surface area contributed by atoms with Crippen molar-refractivity contribution in [3.63, 3.8) is 0 Å². The van der Waals surface area contributed by atoms with Crippen molar-refractivity contribution in [2.75, 3.05) is 12.4 Å². The summed E-state index contributed by atoms with van der Waals surface area (Å²) in [5.74, 6) is 0.433. The Labute approximate surface area is 90.9 Å². The highest BCUT2D eigenvalue weighted by Crippen LogP contribution is 2.10. The maximum absolute atomic E-state index is 11.0. The average molecular weight is 259 g/mol. The van der Waals surface area contributed by atoms with Crippen molar-refractivity contribution < 1.29 is 13.9 Å². The predicted octanol–water partition coefficient (Wildman–Crippen LogP) is 2.86. The van der Waals surface area contributed by atoms with Gasteiger partial charge in [0.2, 0.25) is 5.76 Å². The van der Waals surface area contributed by atoms with Crippen LogP contribution in [0.25, 0.3) is 6.08 Å². The van der Waals surface area contributed by atoms with E-state index in [1.807, 2.05) is 12.2 Å². The first-order chi connectivity index (χ1) is 6.77. The number of hydrogen-bond acceptors (Lipinski definition) is 3. The van der Waals surface area contributed by atoms with E-state index in [0.717, 1.165) is 11.8 Å². The molecule has 1 aromatic rings. The summed E-state index contributed by atoms with van der Waals surface area (Å²) in [7, 11) is 1.32. The Bertz CT molecular complexity index is 328. The second kappa shape index (κ2) is 5.65. The van der Waals surface area contributed by atoms with Gasteiger partial charge in [0.05, 0.1) is 7.11 Å². The molecule has 0 fully saturated rings. The molecule has 0 saturated heterocycles. The zero-order valence-corrected chi connectivity index (χ0v) is 9.41. The summed E-state index contributed by atoms with van der Waals surface area (Å²) in [5, 5.41) is 0.911. The van der Waals surface area contributed by atoms with E-state index in [1.165, 1.54) is 7.11 Å². The average Bonchev–Trinajstić information content (AvgIpc) is 2.66. The molecular weight excluding hydrogens is 248 g/mol. The summed E-state index contributed by atoms with van der Waals surface area (Å²) in [4.78, 5) is 11.0. The van der Waals surface area contributed by atoms with Crippen molar-refractivity contribution >= 4 is 28.0 Å². The van der Waals surface area contributed by atoms with Gasteiger partial charge in [-0.05, 0) is 24.6 Å². The normalized spacial score (nSPS) is 10.7. The lowest BCUT2D eigenvalue weighted by Crippen LogP contribution is -1.98. The van der Waals surface area contributed by atoms with Crippen LogP contribution in [0.5, 0.6) is 0 Å². The zero-order valence-electron chi connectivity index (χ0n) is 7.83. The van der Waals surface area contributed by atoms with Gasteiger partial charge < -0.3 is 9.15 Å². The molecule has 0 saturated carbocycles. The number of furan rings is 1. The van der Waals surface area contributed by atoms with Gasteiger partial charge in [-0.25, -0.2) is 4.79 Å². The van der Waals surface area contributed by atoms with Crippen LogP contribution in [-0.2, 0) is 4.74 Å². The van der Waals surface area contributed by atoms with E-state index >= 15 is 0 Å². The highest BCUT2D eigenvalue weighted by Gasteiger charge is 2.08. The number of halogens is 1. The Morgan fingerprint density at radius 1 is 1.64 bits per heavy atom. The number of methoxy groups -OCH3 is 1. The van der Waals surface area contributed by atoms with Crippen molar-refractivity contribution in [3.05, 3.63) is 29.7 Å². The van der Waals surface area contributed by atoms with Gasteiger partial charge in [0.25, 0.3) is 0 Å². The molecule has 0 aliphatic carbocycles. The number of ether oxygens (including phenoxy) is 1. The maximum atomic E-state index is 11.0. The summed E-state index contributed by atoms with van der Waals surface area (Å²) in [6, 6.07) is 3.33. The molecule has 4 heteroatoms. The molecule has 3 nitrogen and oxygen atoms in total. The van der Waals surface area contributed by atoms with Gasteiger partial charge in [-0.2, -0.15) is 0 Å². The highest BCUT2D eigenvalue weighted by molar-refractivity contribution is 9.09. The molecule has 0 bridgehead atoms. The fourth-order valence-corrected chi connectivity index (χ4v) is 1.18. The first-order valence-electron chi connectivity index (χ1n) is 4.18. The number of carbonyl (C=O) groups is 1. The van der Waals surface area contributed by atoms with E-state index < -0.39 is 5.97 Å². The maximum Gasteiger partial charge on any atom is 0.373 e. The number of alkyl halides is 1. The third kappa shape index (κ3) is 3.03. The molecule has 1 heterocycles. The summed E-state index contributed by atoms with van der Waals surface area (Å²) < 4.78 is 9.72. The summed E-state index contributed by atoms with van der Waals surface area (Å²) >= 11 is 3.31. The van der Waals surface area contributed by atoms with Crippen LogP contribution in [0.1, 0.15) is 22.7 Å². The molecule has 0 aromatic carbocycles. The van der Waals surface area contributed by atoms with Crippen LogP contribution in [0, 0.1) is 0 Å². The van der Waals surface area contributed by atoms with Crippen LogP contribution >= 0.6 is 15.9 Å². The van der Waals surface area contributed by atoms with Crippen molar-refractivity contribution in [1.82, 2.24) is 0 Å². The number of allylic oxidation sites excluding steroid dienone is 1. The van der Waals surface area contributed by atoms with E-state index in [4.69, 9.17) is 4.42 Å². The van der Waals surface area contributed by atoms with E-state index in [-0.39, 0.29) is 5.76 Å². The Morgan fingerprint density at radius 3 is 3.07 bits per heavy atom. The minimum absolute atomic E-state index is 0.228. The van der Waals surface area contributed by atoms with Crippen molar-refractivity contribution in [2.24, 2.45) is 0 Å².